The first-order chi connectivity index (χ1) is 15.9. The van der Waals surface area contributed by atoms with E-state index in [-0.39, 0.29) is 24.2 Å². The van der Waals surface area contributed by atoms with Gasteiger partial charge in [0.15, 0.2) is 0 Å². The number of rotatable bonds is 6. The highest BCUT2D eigenvalue weighted by Gasteiger charge is 2.34. The van der Waals surface area contributed by atoms with Crippen molar-refractivity contribution < 1.29 is 31.9 Å². The number of esters is 1. The molecule has 0 bridgehead atoms. The zero-order chi connectivity index (χ0) is 25.2. The van der Waals surface area contributed by atoms with Crippen molar-refractivity contribution in [3.63, 3.8) is 0 Å². The molecule has 3 aromatic rings. The van der Waals surface area contributed by atoms with Gasteiger partial charge < -0.3 is 14.6 Å². The average Bonchev–Trinajstić information content (AvgIpc) is 2.73. The molecule has 0 aliphatic heterocycles. The van der Waals surface area contributed by atoms with E-state index in [4.69, 9.17) is 4.74 Å². The lowest BCUT2D eigenvalue weighted by molar-refractivity contribution is -0.142. The number of anilines is 1. The maximum absolute atomic E-state index is 13.8. The molecule has 1 amide bonds. The van der Waals surface area contributed by atoms with Crippen LogP contribution in [0.5, 0.6) is 0 Å². The fraction of sp³-hybridized carbons (Fsp3) is 0.292. The third kappa shape index (κ3) is 5.44. The van der Waals surface area contributed by atoms with E-state index in [1.165, 1.54) is 17.7 Å². The van der Waals surface area contributed by atoms with Crippen molar-refractivity contribution in [1.82, 2.24) is 4.57 Å². The number of nitrogens with one attached hydrogen (secondary N) is 1. The molecule has 3 rings (SSSR count). The quantitative estimate of drug-likeness (QED) is 0.409. The minimum absolute atomic E-state index is 0.0138. The molecule has 2 aromatic carbocycles. The Labute approximate surface area is 192 Å². The zero-order valence-electron chi connectivity index (χ0n) is 18.6. The van der Waals surface area contributed by atoms with Crippen LogP contribution < -0.4 is 10.9 Å². The van der Waals surface area contributed by atoms with Gasteiger partial charge in [0.05, 0.1) is 23.7 Å². The number of pyridine rings is 1. The Morgan fingerprint density at radius 1 is 1.12 bits per heavy atom. The Kier molecular flexibility index (Phi) is 7.09. The van der Waals surface area contributed by atoms with Crippen molar-refractivity contribution >= 4 is 28.3 Å². The van der Waals surface area contributed by atoms with Crippen molar-refractivity contribution in [3.8, 4) is 0 Å². The number of aryl methyl sites for hydroxylation is 1. The molecule has 0 unspecified atom stereocenters. The van der Waals surface area contributed by atoms with E-state index >= 15 is 0 Å². The first kappa shape index (κ1) is 24.9. The number of hydrogen-bond donors (Lipinski definition) is 1. The second-order valence-electron chi connectivity index (χ2n) is 7.94. The second kappa shape index (κ2) is 9.66. The minimum atomic E-state index is -4.83. The molecule has 34 heavy (non-hydrogen) atoms. The van der Waals surface area contributed by atoms with Crippen LogP contribution in [0.2, 0.25) is 0 Å². The van der Waals surface area contributed by atoms with Crippen LogP contribution in [0.25, 0.3) is 10.8 Å². The van der Waals surface area contributed by atoms with E-state index in [0.717, 1.165) is 6.07 Å². The molecule has 1 aromatic heterocycles. The van der Waals surface area contributed by atoms with Gasteiger partial charge in [0, 0.05) is 23.9 Å². The van der Waals surface area contributed by atoms with Gasteiger partial charge in [-0.3, -0.25) is 14.4 Å². The van der Waals surface area contributed by atoms with E-state index in [1.807, 2.05) is 0 Å². The summed E-state index contributed by atoms with van der Waals surface area (Å²) < 4.78 is 58.4. The topological polar surface area (TPSA) is 77.4 Å². The predicted molar refractivity (Wildman–Crippen MR) is 118 cm³/mol. The molecular formula is C24H22F4N2O4. The van der Waals surface area contributed by atoms with Crippen LogP contribution in [0.3, 0.4) is 0 Å². The molecule has 0 aliphatic rings. The van der Waals surface area contributed by atoms with Crippen molar-refractivity contribution in [2.75, 3.05) is 11.9 Å². The smallest absolute Gasteiger partial charge is 0.419 e. The number of ether oxygens (including phenoxy) is 1. The molecule has 180 valence electrons. The van der Waals surface area contributed by atoms with Gasteiger partial charge in [-0.05, 0) is 49.2 Å². The van der Waals surface area contributed by atoms with Crippen LogP contribution in [-0.2, 0) is 26.9 Å². The lowest BCUT2D eigenvalue weighted by atomic mass is 10.0. The van der Waals surface area contributed by atoms with Crippen LogP contribution in [0, 0.1) is 12.7 Å². The number of fused-ring (bicyclic) bond motifs is 1. The lowest BCUT2D eigenvalue weighted by Gasteiger charge is -2.17. The Hall–Kier alpha value is -3.69. The fourth-order valence-corrected chi connectivity index (χ4v) is 3.55. The predicted octanol–water partition coefficient (Wildman–Crippen LogP) is 4.77. The van der Waals surface area contributed by atoms with Gasteiger partial charge in [0.1, 0.15) is 12.4 Å². The second-order valence-corrected chi connectivity index (χ2v) is 7.94. The van der Waals surface area contributed by atoms with Crippen LogP contribution in [0.4, 0.5) is 23.2 Å². The molecule has 0 radical (unpaired) electrons. The molecule has 0 spiro atoms. The van der Waals surface area contributed by atoms with Gasteiger partial charge in [-0.2, -0.15) is 13.2 Å². The number of halogens is 4. The number of benzene rings is 2. The summed E-state index contributed by atoms with van der Waals surface area (Å²) in [6.07, 6.45) is -3.66. The molecule has 1 N–H and O–H groups in total. The highest BCUT2D eigenvalue weighted by Crippen LogP contribution is 2.32. The van der Waals surface area contributed by atoms with Gasteiger partial charge in [-0.25, -0.2) is 4.39 Å². The maximum atomic E-state index is 13.8. The molecule has 0 aliphatic carbocycles. The molecule has 1 atom stereocenters. The van der Waals surface area contributed by atoms with Gasteiger partial charge in [0.2, 0.25) is 5.91 Å². The molecular weight excluding hydrogens is 456 g/mol. The Balaban J connectivity index is 1.87. The highest BCUT2D eigenvalue weighted by atomic mass is 19.4. The van der Waals surface area contributed by atoms with Crippen LogP contribution >= 0.6 is 0 Å². The van der Waals surface area contributed by atoms with Gasteiger partial charge in [-0.15, -0.1) is 0 Å². The van der Waals surface area contributed by atoms with Crippen LogP contribution in [0.1, 0.15) is 36.6 Å². The molecule has 0 saturated carbocycles. The van der Waals surface area contributed by atoms with E-state index in [1.54, 1.807) is 32.0 Å². The number of amides is 1. The van der Waals surface area contributed by atoms with Crippen molar-refractivity contribution in [1.29, 1.82) is 0 Å². The number of aromatic nitrogens is 1. The molecule has 1 heterocycles. The monoisotopic (exact) mass is 478 g/mol. The van der Waals surface area contributed by atoms with E-state index in [0.29, 0.717) is 34.2 Å². The summed E-state index contributed by atoms with van der Waals surface area (Å²) in [6, 6.07) is 6.81. The number of carbonyl (C=O) groups excluding carboxylic acids is 2. The summed E-state index contributed by atoms with van der Waals surface area (Å²) >= 11 is 0. The van der Waals surface area contributed by atoms with E-state index in [2.05, 4.69) is 5.32 Å². The van der Waals surface area contributed by atoms with Crippen LogP contribution in [-0.4, -0.2) is 23.1 Å². The Bertz CT molecular complexity index is 1310. The lowest BCUT2D eigenvalue weighted by Crippen LogP contribution is -2.26. The first-order valence-electron chi connectivity index (χ1n) is 10.3. The molecule has 10 heteroatoms. The molecule has 6 nitrogen and oxygen atoms in total. The SMILES string of the molecule is CC(=O)OC[C@@H](C)n1ccc2c(NC(=O)Cc3ccc(C(F)(F)F)c(F)c3)c(C)ccc2c1=O. The number of hydrogen-bond acceptors (Lipinski definition) is 4. The maximum Gasteiger partial charge on any atom is 0.419 e. The summed E-state index contributed by atoms with van der Waals surface area (Å²) in [5.41, 5.74) is -0.655. The van der Waals surface area contributed by atoms with Gasteiger partial charge >= 0.3 is 12.1 Å². The van der Waals surface area contributed by atoms with Crippen molar-refractivity contribution in [2.24, 2.45) is 0 Å². The number of alkyl halides is 3. The van der Waals surface area contributed by atoms with Crippen molar-refractivity contribution in [3.05, 3.63) is 75.5 Å². The average molecular weight is 478 g/mol. The van der Waals surface area contributed by atoms with Crippen LogP contribution in [0.15, 0.2) is 47.4 Å². The van der Waals surface area contributed by atoms with Gasteiger partial charge in [0.25, 0.3) is 5.56 Å². The standard InChI is InChI=1S/C24H22F4N2O4/c1-13-4-6-18-17(8-9-30(23(18)33)14(2)12-34-15(3)31)22(13)29-21(32)11-16-5-7-19(20(25)10-16)24(26,27)28/h4-10,14H,11-12H2,1-3H3,(H,29,32)/t14-/m1/s1. The zero-order valence-corrected chi connectivity index (χ0v) is 18.6. The molecule has 0 fully saturated rings. The van der Waals surface area contributed by atoms with E-state index < -0.39 is 35.5 Å². The summed E-state index contributed by atoms with van der Waals surface area (Å²) in [4.78, 5) is 36.6. The molecule has 0 saturated heterocycles. The van der Waals surface area contributed by atoms with Gasteiger partial charge in [-0.1, -0.05) is 12.1 Å². The van der Waals surface area contributed by atoms with Crippen molar-refractivity contribution in [2.45, 2.75) is 39.4 Å². The summed E-state index contributed by atoms with van der Waals surface area (Å²) in [5.74, 6) is -2.50. The third-order valence-electron chi connectivity index (χ3n) is 5.29. The Morgan fingerprint density at radius 3 is 2.44 bits per heavy atom. The largest absolute Gasteiger partial charge is 0.464 e. The third-order valence-corrected chi connectivity index (χ3v) is 5.29. The fourth-order valence-electron chi connectivity index (χ4n) is 3.55. The minimum Gasteiger partial charge on any atom is -0.464 e. The normalized spacial score (nSPS) is 12.4. The Morgan fingerprint density at radius 2 is 1.82 bits per heavy atom. The number of carbonyl (C=O) groups is 2. The summed E-state index contributed by atoms with van der Waals surface area (Å²) in [6.45, 7) is 4.73. The summed E-state index contributed by atoms with van der Waals surface area (Å²) in [5, 5.41) is 3.46. The highest BCUT2D eigenvalue weighted by molar-refractivity contribution is 6.03. The van der Waals surface area contributed by atoms with E-state index in [9.17, 15) is 31.9 Å². The first-order valence-corrected chi connectivity index (χ1v) is 10.3. The summed E-state index contributed by atoms with van der Waals surface area (Å²) in [7, 11) is 0. The number of nitrogens with zero attached hydrogens (tertiary/aromatic N) is 1.